The topological polar surface area (TPSA) is 16.1 Å². The maximum atomic E-state index is 4.48. The normalized spacial score (nSPS) is 22.2. The SMILES string of the molecule is CCc1cc(Br)c(C2CCCN2C)cn1. The second-order valence-corrected chi connectivity index (χ2v) is 5.04. The molecule has 2 nitrogen and oxygen atoms in total. The van der Waals surface area contributed by atoms with Crippen molar-refractivity contribution >= 4 is 15.9 Å². The summed E-state index contributed by atoms with van der Waals surface area (Å²) in [5.41, 5.74) is 2.50. The predicted octanol–water partition coefficient (Wildman–Crippen LogP) is 3.17. The van der Waals surface area contributed by atoms with E-state index in [-0.39, 0.29) is 0 Å². The largest absolute Gasteiger partial charge is 0.299 e. The number of hydrogen-bond acceptors (Lipinski definition) is 2. The Bertz CT molecular complexity index is 351. The molecule has 3 heteroatoms. The molecule has 0 bridgehead atoms. The fraction of sp³-hybridized carbons (Fsp3) is 0.583. The van der Waals surface area contributed by atoms with Crippen molar-refractivity contribution < 1.29 is 0 Å². The first-order chi connectivity index (χ1) is 7.22. The van der Waals surface area contributed by atoms with E-state index in [2.05, 4.69) is 45.9 Å². The fourth-order valence-electron chi connectivity index (χ4n) is 2.22. The Hall–Kier alpha value is -0.410. The summed E-state index contributed by atoms with van der Waals surface area (Å²) >= 11 is 3.66. The van der Waals surface area contributed by atoms with Crippen LogP contribution >= 0.6 is 15.9 Å². The number of hydrogen-bond donors (Lipinski definition) is 0. The zero-order valence-corrected chi connectivity index (χ0v) is 10.9. The van der Waals surface area contributed by atoms with Crippen molar-refractivity contribution in [2.24, 2.45) is 0 Å². The van der Waals surface area contributed by atoms with Crippen LogP contribution in [0.25, 0.3) is 0 Å². The van der Waals surface area contributed by atoms with Gasteiger partial charge in [-0.25, -0.2) is 0 Å². The number of pyridine rings is 1. The van der Waals surface area contributed by atoms with Gasteiger partial charge in [-0.05, 0) is 38.9 Å². The summed E-state index contributed by atoms with van der Waals surface area (Å²) < 4.78 is 1.22. The van der Waals surface area contributed by atoms with Gasteiger partial charge < -0.3 is 0 Å². The van der Waals surface area contributed by atoms with Crippen molar-refractivity contribution in [3.8, 4) is 0 Å². The molecule has 82 valence electrons. The Balaban J connectivity index is 2.28. The molecule has 1 aliphatic heterocycles. The monoisotopic (exact) mass is 268 g/mol. The molecule has 1 atom stereocenters. The van der Waals surface area contributed by atoms with Crippen molar-refractivity contribution in [2.45, 2.75) is 32.2 Å². The van der Waals surface area contributed by atoms with Crippen LogP contribution in [0.5, 0.6) is 0 Å². The molecular formula is C12H17BrN2. The van der Waals surface area contributed by atoms with Gasteiger partial charge in [0.15, 0.2) is 0 Å². The van der Waals surface area contributed by atoms with E-state index in [1.165, 1.54) is 29.4 Å². The third-order valence-corrected chi connectivity index (χ3v) is 3.87. The van der Waals surface area contributed by atoms with E-state index in [0.29, 0.717) is 6.04 Å². The molecular weight excluding hydrogens is 252 g/mol. The minimum Gasteiger partial charge on any atom is -0.299 e. The quantitative estimate of drug-likeness (QED) is 0.819. The Morgan fingerprint density at radius 2 is 2.40 bits per heavy atom. The van der Waals surface area contributed by atoms with Crippen LogP contribution in [0.15, 0.2) is 16.7 Å². The molecule has 1 unspecified atom stereocenters. The first-order valence-corrected chi connectivity index (χ1v) is 6.36. The number of aryl methyl sites for hydroxylation is 1. The van der Waals surface area contributed by atoms with Gasteiger partial charge in [-0.1, -0.05) is 22.9 Å². The summed E-state index contributed by atoms with van der Waals surface area (Å²) in [6, 6.07) is 2.71. The van der Waals surface area contributed by atoms with Gasteiger partial charge in [0.2, 0.25) is 0 Å². The van der Waals surface area contributed by atoms with Crippen LogP contribution in [0.2, 0.25) is 0 Å². The van der Waals surface area contributed by atoms with Crippen LogP contribution in [-0.2, 0) is 6.42 Å². The lowest BCUT2D eigenvalue weighted by molar-refractivity contribution is 0.316. The van der Waals surface area contributed by atoms with Gasteiger partial charge in [0.1, 0.15) is 0 Å². The highest BCUT2D eigenvalue weighted by Crippen LogP contribution is 2.34. The van der Waals surface area contributed by atoms with Gasteiger partial charge in [0, 0.05) is 28.0 Å². The van der Waals surface area contributed by atoms with Gasteiger partial charge in [0.25, 0.3) is 0 Å². The molecule has 2 rings (SSSR count). The molecule has 0 saturated carbocycles. The Morgan fingerprint density at radius 1 is 1.60 bits per heavy atom. The van der Waals surface area contributed by atoms with E-state index in [4.69, 9.17) is 0 Å². The van der Waals surface area contributed by atoms with Crippen LogP contribution in [0, 0.1) is 0 Å². The average Bonchev–Trinajstić information content (AvgIpc) is 2.64. The van der Waals surface area contributed by atoms with Crippen molar-refractivity contribution in [1.82, 2.24) is 9.88 Å². The molecule has 2 heterocycles. The second kappa shape index (κ2) is 4.62. The number of likely N-dealkylation sites (tertiary alicyclic amines) is 1. The van der Waals surface area contributed by atoms with Gasteiger partial charge in [-0.2, -0.15) is 0 Å². The standard InChI is InChI=1S/C12H17BrN2/c1-3-9-7-11(13)10(8-14-9)12-5-4-6-15(12)2/h7-8,12H,3-6H2,1-2H3. The molecule has 0 spiro atoms. The Morgan fingerprint density at radius 3 is 2.93 bits per heavy atom. The van der Waals surface area contributed by atoms with E-state index in [9.17, 15) is 0 Å². The van der Waals surface area contributed by atoms with E-state index in [1.54, 1.807) is 0 Å². The van der Waals surface area contributed by atoms with E-state index in [0.717, 1.165) is 12.1 Å². The molecule has 15 heavy (non-hydrogen) atoms. The first-order valence-electron chi connectivity index (χ1n) is 5.57. The minimum absolute atomic E-state index is 0.554. The Labute approximate surface area is 99.8 Å². The molecule has 0 aromatic carbocycles. The summed E-state index contributed by atoms with van der Waals surface area (Å²) in [4.78, 5) is 6.89. The minimum atomic E-state index is 0.554. The maximum absolute atomic E-state index is 4.48. The molecule has 1 aromatic rings. The lowest BCUT2D eigenvalue weighted by atomic mass is 10.1. The van der Waals surface area contributed by atoms with Gasteiger partial charge in [-0.15, -0.1) is 0 Å². The number of rotatable bonds is 2. The zero-order chi connectivity index (χ0) is 10.8. The summed E-state index contributed by atoms with van der Waals surface area (Å²) in [7, 11) is 2.19. The number of halogens is 1. The molecule has 0 N–H and O–H groups in total. The maximum Gasteiger partial charge on any atom is 0.0412 e. The molecule has 1 fully saturated rings. The van der Waals surface area contributed by atoms with Gasteiger partial charge >= 0.3 is 0 Å². The smallest absolute Gasteiger partial charge is 0.0412 e. The summed E-state index contributed by atoms with van der Waals surface area (Å²) in [5.74, 6) is 0. The highest BCUT2D eigenvalue weighted by molar-refractivity contribution is 9.10. The van der Waals surface area contributed by atoms with Crippen LogP contribution in [0.3, 0.4) is 0 Å². The zero-order valence-electron chi connectivity index (χ0n) is 9.33. The predicted molar refractivity (Wildman–Crippen MR) is 65.9 cm³/mol. The summed E-state index contributed by atoms with van der Waals surface area (Å²) in [6.45, 7) is 3.34. The van der Waals surface area contributed by atoms with E-state index >= 15 is 0 Å². The van der Waals surface area contributed by atoms with Crippen LogP contribution in [-0.4, -0.2) is 23.5 Å². The highest BCUT2D eigenvalue weighted by atomic mass is 79.9. The fourth-order valence-corrected chi connectivity index (χ4v) is 2.85. The van der Waals surface area contributed by atoms with E-state index in [1.807, 2.05) is 6.20 Å². The number of aromatic nitrogens is 1. The third-order valence-electron chi connectivity index (χ3n) is 3.18. The van der Waals surface area contributed by atoms with Gasteiger partial charge in [-0.3, -0.25) is 9.88 Å². The summed E-state index contributed by atoms with van der Waals surface area (Å²) in [5, 5.41) is 0. The van der Waals surface area contributed by atoms with Crippen LogP contribution in [0.1, 0.15) is 37.1 Å². The second-order valence-electron chi connectivity index (χ2n) is 4.19. The molecule has 1 saturated heterocycles. The molecule has 0 aliphatic carbocycles. The average molecular weight is 269 g/mol. The van der Waals surface area contributed by atoms with Crippen molar-refractivity contribution in [3.05, 3.63) is 28.0 Å². The molecule has 0 radical (unpaired) electrons. The third kappa shape index (κ3) is 2.23. The molecule has 0 amide bonds. The Kier molecular flexibility index (Phi) is 3.42. The number of nitrogens with zero attached hydrogens (tertiary/aromatic N) is 2. The van der Waals surface area contributed by atoms with Gasteiger partial charge in [0.05, 0.1) is 0 Å². The highest BCUT2D eigenvalue weighted by Gasteiger charge is 2.24. The van der Waals surface area contributed by atoms with Crippen molar-refractivity contribution in [1.29, 1.82) is 0 Å². The van der Waals surface area contributed by atoms with Crippen LogP contribution < -0.4 is 0 Å². The first kappa shape index (κ1) is 11.1. The molecule has 1 aliphatic rings. The van der Waals surface area contributed by atoms with E-state index < -0.39 is 0 Å². The molecule has 1 aromatic heterocycles. The summed E-state index contributed by atoms with van der Waals surface area (Å²) in [6.07, 6.45) is 5.58. The lowest BCUT2D eigenvalue weighted by Gasteiger charge is -2.20. The van der Waals surface area contributed by atoms with Crippen LogP contribution in [0.4, 0.5) is 0 Å². The van der Waals surface area contributed by atoms with Crippen molar-refractivity contribution in [3.63, 3.8) is 0 Å². The lowest BCUT2D eigenvalue weighted by Crippen LogP contribution is -2.18. The van der Waals surface area contributed by atoms with Crippen molar-refractivity contribution in [2.75, 3.05) is 13.6 Å².